The molecule has 20 heavy (non-hydrogen) atoms. The van der Waals surface area contributed by atoms with Gasteiger partial charge in [-0.2, -0.15) is 0 Å². The van der Waals surface area contributed by atoms with Crippen LogP contribution in [-0.2, 0) is 0 Å². The minimum absolute atomic E-state index is 0.473. The van der Waals surface area contributed by atoms with Gasteiger partial charge in [-0.1, -0.05) is 13.8 Å². The molecule has 0 saturated carbocycles. The highest BCUT2D eigenvalue weighted by Crippen LogP contribution is 2.17. The van der Waals surface area contributed by atoms with Crippen molar-refractivity contribution < 1.29 is 0 Å². The Morgan fingerprint density at radius 1 is 1.45 bits per heavy atom. The molecule has 4 heteroatoms. The average molecular weight is 272 g/mol. The molecule has 0 unspecified atom stereocenters. The van der Waals surface area contributed by atoms with Crippen LogP contribution in [0.1, 0.15) is 43.9 Å². The molecule has 1 aliphatic rings. The molecule has 1 aliphatic heterocycles. The van der Waals surface area contributed by atoms with E-state index in [0.29, 0.717) is 12.0 Å². The molecule has 1 saturated heterocycles. The number of aromatic nitrogens is 1. The first-order valence-electron chi connectivity index (χ1n) is 7.34. The molecular weight excluding hydrogens is 248 g/mol. The van der Waals surface area contributed by atoms with Crippen LogP contribution < -0.4 is 10.6 Å². The van der Waals surface area contributed by atoms with Crippen molar-refractivity contribution >= 4 is 11.8 Å². The number of nitrogens with zero attached hydrogens (tertiary/aromatic N) is 1. The van der Waals surface area contributed by atoms with Crippen LogP contribution in [0, 0.1) is 5.41 Å². The van der Waals surface area contributed by atoms with Crippen molar-refractivity contribution in [1.29, 1.82) is 5.41 Å². The van der Waals surface area contributed by atoms with Gasteiger partial charge >= 0.3 is 0 Å². The summed E-state index contributed by atoms with van der Waals surface area (Å²) in [5, 5.41) is 14.4. The van der Waals surface area contributed by atoms with Crippen molar-refractivity contribution in [3.8, 4) is 0 Å². The first-order chi connectivity index (χ1) is 9.70. The largest absolute Gasteiger partial charge is 0.387 e. The minimum atomic E-state index is 0.473. The number of nitrogens with one attached hydrogen (secondary N) is 3. The van der Waals surface area contributed by atoms with Crippen molar-refractivity contribution in [2.24, 2.45) is 0 Å². The number of pyridine rings is 1. The van der Waals surface area contributed by atoms with E-state index in [4.69, 9.17) is 5.41 Å². The molecule has 1 aromatic rings. The number of hydrogen-bond donors (Lipinski definition) is 3. The lowest BCUT2D eigenvalue weighted by Crippen LogP contribution is -2.37. The summed E-state index contributed by atoms with van der Waals surface area (Å²) in [6.07, 6.45) is 7.39. The Hall–Kier alpha value is -1.68. The first-order valence-corrected chi connectivity index (χ1v) is 7.34. The average Bonchev–Trinajstić information content (AvgIpc) is 2.49. The first kappa shape index (κ1) is 14.7. The zero-order chi connectivity index (χ0) is 14.4. The highest BCUT2D eigenvalue weighted by Gasteiger charge is 2.11. The molecule has 1 fully saturated rings. The van der Waals surface area contributed by atoms with Gasteiger partial charge in [-0.15, -0.1) is 0 Å². The predicted molar refractivity (Wildman–Crippen MR) is 84.1 cm³/mol. The molecule has 2 rings (SSSR count). The summed E-state index contributed by atoms with van der Waals surface area (Å²) < 4.78 is 0. The lowest BCUT2D eigenvalue weighted by atomic mass is 10.0. The van der Waals surface area contributed by atoms with Crippen LogP contribution in [0.5, 0.6) is 0 Å². The van der Waals surface area contributed by atoms with Crippen LogP contribution in [0.2, 0.25) is 0 Å². The molecule has 0 spiro atoms. The van der Waals surface area contributed by atoms with Gasteiger partial charge in [-0.05, 0) is 49.5 Å². The Bertz CT molecular complexity index is 473. The third-order valence-electron chi connectivity index (χ3n) is 3.72. The fourth-order valence-electron chi connectivity index (χ4n) is 2.35. The van der Waals surface area contributed by atoms with Gasteiger partial charge in [0.2, 0.25) is 0 Å². The fourth-order valence-corrected chi connectivity index (χ4v) is 2.35. The topological polar surface area (TPSA) is 60.8 Å². The quantitative estimate of drug-likeness (QED) is 0.722. The highest BCUT2D eigenvalue weighted by molar-refractivity contribution is 6.07. The van der Waals surface area contributed by atoms with Crippen LogP contribution >= 0.6 is 0 Å². The second-order valence-corrected chi connectivity index (χ2v) is 5.56. The van der Waals surface area contributed by atoms with Crippen molar-refractivity contribution in [1.82, 2.24) is 15.6 Å². The summed E-state index contributed by atoms with van der Waals surface area (Å²) in [5.41, 5.74) is 2.96. The van der Waals surface area contributed by atoms with Gasteiger partial charge in [0.05, 0.1) is 5.69 Å². The molecule has 0 atom stereocenters. The molecule has 1 aromatic heterocycles. The Balaban J connectivity index is 2.10. The number of rotatable bonds is 5. The second-order valence-electron chi connectivity index (χ2n) is 5.56. The molecule has 108 valence electrons. The van der Waals surface area contributed by atoms with Crippen LogP contribution in [0.4, 0.5) is 0 Å². The van der Waals surface area contributed by atoms with Gasteiger partial charge in [0.1, 0.15) is 0 Å². The van der Waals surface area contributed by atoms with E-state index >= 15 is 0 Å². The summed E-state index contributed by atoms with van der Waals surface area (Å²) in [7, 11) is 0. The summed E-state index contributed by atoms with van der Waals surface area (Å²) >= 11 is 0. The molecule has 0 radical (unpaired) electrons. The standard InChI is InChI=1S/C16H24N4/c1-12(2)13-3-8-19-16(9-13)14(10-17)11-20-15-4-6-18-7-5-15/h3,8-12,15,17-18,20H,4-7H2,1-2H3/b14-11+,17-10?. The van der Waals surface area contributed by atoms with Crippen molar-refractivity contribution in [2.75, 3.05) is 13.1 Å². The van der Waals surface area contributed by atoms with E-state index in [1.807, 2.05) is 18.5 Å². The van der Waals surface area contributed by atoms with Crippen LogP contribution in [0.25, 0.3) is 5.57 Å². The smallest absolute Gasteiger partial charge is 0.0734 e. The van der Waals surface area contributed by atoms with E-state index in [-0.39, 0.29) is 0 Å². The molecule has 0 amide bonds. The Labute approximate surface area is 121 Å². The lowest BCUT2D eigenvalue weighted by molar-refractivity contribution is 0.420. The number of allylic oxidation sites excluding steroid dienone is 1. The van der Waals surface area contributed by atoms with Crippen molar-refractivity contribution in [2.45, 2.75) is 38.6 Å². The summed E-state index contributed by atoms with van der Waals surface area (Å²) in [4.78, 5) is 4.38. The van der Waals surface area contributed by atoms with E-state index < -0.39 is 0 Å². The van der Waals surface area contributed by atoms with Crippen LogP contribution in [-0.4, -0.2) is 30.3 Å². The molecule has 4 nitrogen and oxygen atoms in total. The molecule has 0 bridgehead atoms. The maximum Gasteiger partial charge on any atom is 0.0734 e. The van der Waals surface area contributed by atoms with E-state index in [1.165, 1.54) is 11.8 Å². The molecule has 3 N–H and O–H groups in total. The lowest BCUT2D eigenvalue weighted by Gasteiger charge is -2.23. The Morgan fingerprint density at radius 3 is 2.85 bits per heavy atom. The second kappa shape index (κ2) is 7.20. The normalized spacial score (nSPS) is 17.2. The van der Waals surface area contributed by atoms with Gasteiger partial charge in [-0.3, -0.25) is 4.98 Å². The van der Waals surface area contributed by atoms with Gasteiger partial charge < -0.3 is 16.0 Å². The van der Waals surface area contributed by atoms with Crippen LogP contribution in [0.15, 0.2) is 24.5 Å². The third-order valence-corrected chi connectivity index (χ3v) is 3.72. The van der Waals surface area contributed by atoms with Gasteiger partial charge in [0, 0.05) is 30.2 Å². The SMILES string of the molecule is CC(C)c1ccnc(/C(C=N)=C/NC2CCNCC2)c1. The van der Waals surface area contributed by atoms with E-state index in [1.54, 1.807) is 0 Å². The van der Waals surface area contributed by atoms with E-state index in [2.05, 4.69) is 35.5 Å². The van der Waals surface area contributed by atoms with Gasteiger partial charge in [-0.25, -0.2) is 0 Å². The molecule has 0 aromatic carbocycles. The molecule has 2 heterocycles. The maximum atomic E-state index is 7.61. The summed E-state index contributed by atoms with van der Waals surface area (Å²) in [6, 6.07) is 4.61. The summed E-state index contributed by atoms with van der Waals surface area (Å²) in [5.74, 6) is 0.473. The fraction of sp³-hybridized carbons (Fsp3) is 0.500. The van der Waals surface area contributed by atoms with Gasteiger partial charge in [0.15, 0.2) is 0 Å². The zero-order valence-electron chi connectivity index (χ0n) is 12.3. The minimum Gasteiger partial charge on any atom is -0.387 e. The van der Waals surface area contributed by atoms with Crippen molar-refractivity contribution in [3.05, 3.63) is 35.8 Å². The monoisotopic (exact) mass is 272 g/mol. The molecule has 0 aliphatic carbocycles. The third kappa shape index (κ3) is 3.90. The Morgan fingerprint density at radius 2 is 2.20 bits per heavy atom. The number of hydrogen-bond acceptors (Lipinski definition) is 4. The Kier molecular flexibility index (Phi) is 5.30. The van der Waals surface area contributed by atoms with Crippen molar-refractivity contribution in [3.63, 3.8) is 0 Å². The van der Waals surface area contributed by atoms with E-state index in [0.717, 1.165) is 37.2 Å². The molecular formula is C16H24N4. The van der Waals surface area contributed by atoms with Crippen LogP contribution in [0.3, 0.4) is 0 Å². The summed E-state index contributed by atoms with van der Waals surface area (Å²) in [6.45, 7) is 6.46. The van der Waals surface area contributed by atoms with Gasteiger partial charge in [0.25, 0.3) is 0 Å². The zero-order valence-corrected chi connectivity index (χ0v) is 12.3. The number of piperidine rings is 1. The predicted octanol–water partition coefficient (Wildman–Crippen LogP) is 2.54. The highest BCUT2D eigenvalue weighted by atomic mass is 15.0. The van der Waals surface area contributed by atoms with E-state index in [9.17, 15) is 0 Å². The maximum absolute atomic E-state index is 7.61.